The van der Waals surface area contributed by atoms with E-state index in [0.29, 0.717) is 37.5 Å². The molecule has 9 heteroatoms. The van der Waals surface area contributed by atoms with Crippen molar-refractivity contribution >= 4 is 21.6 Å². The minimum absolute atomic E-state index is 0.0463. The topological polar surface area (TPSA) is 84.9 Å². The molecule has 0 saturated heterocycles. The van der Waals surface area contributed by atoms with Crippen molar-refractivity contribution in [3.8, 4) is 11.5 Å². The molecule has 1 N–H and O–H groups in total. The number of hydrogen-bond acceptors (Lipinski definition) is 5. The van der Waals surface area contributed by atoms with Gasteiger partial charge in [0.05, 0.1) is 24.2 Å². The number of carbonyl (C=O) groups is 1. The summed E-state index contributed by atoms with van der Waals surface area (Å²) in [6.07, 6.45) is 1.53. The summed E-state index contributed by atoms with van der Waals surface area (Å²) in [4.78, 5) is 15.0. The molecule has 2 heterocycles. The van der Waals surface area contributed by atoms with Gasteiger partial charge in [-0.3, -0.25) is 9.52 Å². The summed E-state index contributed by atoms with van der Waals surface area (Å²) in [5.74, 6) is 0.726. The summed E-state index contributed by atoms with van der Waals surface area (Å²) >= 11 is 0. The predicted octanol–water partition coefficient (Wildman–Crippen LogP) is 4.86. The lowest BCUT2D eigenvalue weighted by Gasteiger charge is -2.36. The predicted molar refractivity (Wildman–Crippen MR) is 134 cm³/mol. The summed E-state index contributed by atoms with van der Waals surface area (Å²) in [6, 6.07) is 14.0. The Bertz CT molecular complexity index is 1420. The summed E-state index contributed by atoms with van der Waals surface area (Å²) in [5, 5.41) is 0. The van der Waals surface area contributed by atoms with Crippen LogP contribution in [0.2, 0.25) is 0 Å². The molecule has 1 unspecified atom stereocenters. The highest BCUT2D eigenvalue weighted by Crippen LogP contribution is 2.39. The van der Waals surface area contributed by atoms with E-state index in [-0.39, 0.29) is 28.1 Å². The fourth-order valence-electron chi connectivity index (χ4n) is 4.69. The van der Waals surface area contributed by atoms with E-state index < -0.39 is 15.8 Å². The van der Waals surface area contributed by atoms with E-state index >= 15 is 0 Å². The highest BCUT2D eigenvalue weighted by atomic mass is 32.2. The summed E-state index contributed by atoms with van der Waals surface area (Å²) in [6.45, 7) is 5.18. The van der Waals surface area contributed by atoms with Crippen molar-refractivity contribution in [3.63, 3.8) is 0 Å². The Morgan fingerprint density at radius 1 is 1.06 bits per heavy atom. The van der Waals surface area contributed by atoms with Crippen LogP contribution < -0.4 is 14.2 Å². The molecule has 3 aromatic rings. The second-order valence-electron chi connectivity index (χ2n) is 9.02. The number of anilines is 1. The molecule has 3 aromatic carbocycles. The number of nitrogens with one attached hydrogen (secondary N) is 1. The van der Waals surface area contributed by atoms with Gasteiger partial charge in [0.25, 0.3) is 15.9 Å². The second-order valence-corrected chi connectivity index (χ2v) is 10.7. The average Bonchev–Trinajstić information content (AvgIpc) is 3.09. The molecule has 0 aliphatic carbocycles. The van der Waals surface area contributed by atoms with Gasteiger partial charge in [-0.1, -0.05) is 6.07 Å². The molecular formula is C27H27FN2O5S. The van der Waals surface area contributed by atoms with E-state index in [2.05, 4.69) is 4.72 Å². The SMILES string of the molecule is Cc1c(F)cccc1S(=O)(=O)Nc1ccc(C(=O)N2CCc3cc4c(cc3C2C)OCCCO4)cc1. The van der Waals surface area contributed by atoms with Crippen molar-refractivity contribution in [2.24, 2.45) is 0 Å². The Balaban J connectivity index is 1.33. The molecule has 0 radical (unpaired) electrons. The van der Waals surface area contributed by atoms with E-state index in [9.17, 15) is 17.6 Å². The molecule has 5 rings (SSSR count). The molecule has 36 heavy (non-hydrogen) atoms. The van der Waals surface area contributed by atoms with Crippen molar-refractivity contribution in [2.45, 2.75) is 37.6 Å². The number of hydrogen-bond donors (Lipinski definition) is 1. The van der Waals surface area contributed by atoms with E-state index in [1.807, 2.05) is 24.0 Å². The van der Waals surface area contributed by atoms with Gasteiger partial charge in [0.2, 0.25) is 0 Å². The molecule has 2 aliphatic heterocycles. The fraction of sp³-hybridized carbons (Fsp3) is 0.296. The maximum absolute atomic E-state index is 13.8. The van der Waals surface area contributed by atoms with E-state index in [0.717, 1.165) is 23.3 Å². The van der Waals surface area contributed by atoms with Crippen LogP contribution in [0.1, 0.15) is 46.4 Å². The van der Waals surface area contributed by atoms with Crippen molar-refractivity contribution in [1.29, 1.82) is 0 Å². The monoisotopic (exact) mass is 510 g/mol. The number of sulfonamides is 1. The minimum Gasteiger partial charge on any atom is -0.490 e. The Labute approximate surface area is 209 Å². The van der Waals surface area contributed by atoms with Crippen LogP contribution in [0.5, 0.6) is 11.5 Å². The smallest absolute Gasteiger partial charge is 0.262 e. The van der Waals surface area contributed by atoms with Crippen LogP contribution in [-0.4, -0.2) is 39.0 Å². The van der Waals surface area contributed by atoms with Gasteiger partial charge in [-0.15, -0.1) is 0 Å². The maximum atomic E-state index is 13.8. The van der Waals surface area contributed by atoms with Gasteiger partial charge in [0, 0.05) is 29.8 Å². The normalized spacial score (nSPS) is 17.2. The van der Waals surface area contributed by atoms with Gasteiger partial charge in [-0.25, -0.2) is 12.8 Å². The van der Waals surface area contributed by atoms with Crippen LogP contribution in [0.3, 0.4) is 0 Å². The largest absolute Gasteiger partial charge is 0.490 e. The summed E-state index contributed by atoms with van der Waals surface area (Å²) in [5.41, 5.74) is 2.96. The van der Waals surface area contributed by atoms with Crippen LogP contribution in [0, 0.1) is 12.7 Å². The zero-order chi connectivity index (χ0) is 25.4. The number of rotatable bonds is 4. The van der Waals surface area contributed by atoms with Crippen molar-refractivity contribution < 1.29 is 27.1 Å². The van der Waals surface area contributed by atoms with Crippen molar-refractivity contribution in [2.75, 3.05) is 24.5 Å². The first-order chi connectivity index (χ1) is 17.2. The maximum Gasteiger partial charge on any atom is 0.262 e. The third-order valence-electron chi connectivity index (χ3n) is 6.70. The third kappa shape index (κ3) is 4.51. The quantitative estimate of drug-likeness (QED) is 0.542. The first-order valence-electron chi connectivity index (χ1n) is 11.9. The van der Waals surface area contributed by atoms with Gasteiger partial charge in [0.15, 0.2) is 11.5 Å². The van der Waals surface area contributed by atoms with Gasteiger partial charge >= 0.3 is 0 Å². The molecule has 7 nitrogen and oxygen atoms in total. The third-order valence-corrected chi connectivity index (χ3v) is 8.23. The van der Waals surface area contributed by atoms with Crippen LogP contribution >= 0.6 is 0 Å². The number of carbonyl (C=O) groups excluding carboxylic acids is 1. The molecule has 2 aliphatic rings. The van der Waals surface area contributed by atoms with Crippen LogP contribution in [0.15, 0.2) is 59.5 Å². The Kier molecular flexibility index (Phi) is 6.34. The summed E-state index contributed by atoms with van der Waals surface area (Å²) < 4.78 is 53.5. The Hall–Kier alpha value is -3.59. The van der Waals surface area contributed by atoms with Gasteiger partial charge in [-0.2, -0.15) is 0 Å². The zero-order valence-electron chi connectivity index (χ0n) is 20.1. The molecule has 1 amide bonds. The Morgan fingerprint density at radius 3 is 2.47 bits per heavy atom. The lowest BCUT2D eigenvalue weighted by atomic mass is 9.92. The van der Waals surface area contributed by atoms with E-state index in [1.54, 1.807) is 12.1 Å². The lowest BCUT2D eigenvalue weighted by molar-refractivity contribution is 0.0677. The number of nitrogens with zero attached hydrogens (tertiary/aromatic N) is 1. The standard InChI is InChI=1S/C27H27FN2O5S/c1-17-23(28)5-3-6-26(17)36(32,33)29-21-9-7-19(8-10-21)27(31)30-12-11-20-15-24-25(16-22(20)18(30)2)35-14-4-13-34-24/h3,5-10,15-16,18,29H,4,11-14H2,1-2H3. The van der Waals surface area contributed by atoms with Crippen molar-refractivity contribution in [1.82, 2.24) is 4.90 Å². The Morgan fingerprint density at radius 2 is 1.75 bits per heavy atom. The number of halogens is 1. The fourth-order valence-corrected chi connectivity index (χ4v) is 6.00. The van der Waals surface area contributed by atoms with Gasteiger partial charge in [0.1, 0.15) is 5.82 Å². The number of amides is 1. The van der Waals surface area contributed by atoms with Gasteiger partial charge in [-0.05, 0) is 79.9 Å². The molecule has 0 aromatic heterocycles. The number of ether oxygens (including phenoxy) is 2. The highest BCUT2D eigenvalue weighted by molar-refractivity contribution is 7.92. The van der Waals surface area contributed by atoms with E-state index in [4.69, 9.17) is 9.47 Å². The molecular weight excluding hydrogens is 483 g/mol. The average molecular weight is 511 g/mol. The first-order valence-corrected chi connectivity index (χ1v) is 13.3. The molecule has 0 fully saturated rings. The first kappa shape index (κ1) is 24.1. The number of benzene rings is 3. The molecule has 0 saturated carbocycles. The highest BCUT2D eigenvalue weighted by Gasteiger charge is 2.30. The van der Waals surface area contributed by atoms with Gasteiger partial charge < -0.3 is 14.4 Å². The van der Waals surface area contributed by atoms with Crippen LogP contribution in [-0.2, 0) is 16.4 Å². The van der Waals surface area contributed by atoms with E-state index in [1.165, 1.54) is 37.3 Å². The summed E-state index contributed by atoms with van der Waals surface area (Å²) in [7, 11) is -3.98. The molecule has 1 atom stereocenters. The minimum atomic E-state index is -3.98. The second kappa shape index (κ2) is 9.46. The molecule has 0 spiro atoms. The lowest BCUT2D eigenvalue weighted by Crippen LogP contribution is -2.38. The molecule has 0 bridgehead atoms. The zero-order valence-corrected chi connectivity index (χ0v) is 20.9. The molecule has 188 valence electrons. The van der Waals surface area contributed by atoms with Crippen LogP contribution in [0.25, 0.3) is 0 Å². The number of fused-ring (bicyclic) bond motifs is 2. The van der Waals surface area contributed by atoms with Crippen molar-refractivity contribution in [3.05, 3.63) is 82.7 Å². The van der Waals surface area contributed by atoms with Crippen LogP contribution in [0.4, 0.5) is 10.1 Å².